The van der Waals surface area contributed by atoms with Crippen LogP contribution in [0.4, 0.5) is 0 Å². The Balaban J connectivity index is 0.000000231. The van der Waals surface area contributed by atoms with E-state index in [-0.39, 0.29) is 0 Å². The Hall–Kier alpha value is -1.25. The van der Waals surface area contributed by atoms with Gasteiger partial charge in [0.1, 0.15) is 12.0 Å². The molecule has 2 rings (SSSR count). The van der Waals surface area contributed by atoms with E-state index in [0.29, 0.717) is 0 Å². The molecule has 3 nitrogen and oxygen atoms in total. The zero-order chi connectivity index (χ0) is 7.40. The van der Waals surface area contributed by atoms with E-state index in [4.69, 9.17) is 0 Å². The van der Waals surface area contributed by atoms with Crippen molar-refractivity contribution in [2.45, 2.75) is 13.8 Å². The molecule has 0 bridgehead atoms. The summed E-state index contributed by atoms with van der Waals surface area (Å²) in [5.74, 6) is 0. The molecular formula is C7H11N3. The number of aromatic nitrogens is 3. The molecule has 0 spiro atoms. The summed E-state index contributed by atoms with van der Waals surface area (Å²) in [7, 11) is 0. The summed E-state index contributed by atoms with van der Waals surface area (Å²) in [5, 5.41) is 6.61. The third kappa shape index (κ3) is 1.03. The second kappa shape index (κ2) is 3.06. The van der Waals surface area contributed by atoms with Crippen molar-refractivity contribution in [3.05, 3.63) is 24.7 Å². The van der Waals surface area contributed by atoms with Crippen LogP contribution in [0, 0.1) is 0 Å². The molecule has 0 aliphatic carbocycles. The van der Waals surface area contributed by atoms with E-state index in [9.17, 15) is 0 Å². The third-order valence-corrected chi connectivity index (χ3v) is 1.14. The fourth-order valence-electron chi connectivity index (χ4n) is 0.746. The lowest BCUT2D eigenvalue weighted by molar-refractivity contribution is 1.10. The topological polar surface area (TPSA) is 33.1 Å². The fourth-order valence-corrected chi connectivity index (χ4v) is 0.746. The van der Waals surface area contributed by atoms with Gasteiger partial charge >= 0.3 is 0 Å². The van der Waals surface area contributed by atoms with Gasteiger partial charge in [-0.1, -0.05) is 13.8 Å². The maximum absolute atomic E-state index is 3.80. The van der Waals surface area contributed by atoms with Gasteiger partial charge in [0, 0.05) is 6.20 Å². The average Bonchev–Trinajstić information content (AvgIpc) is 2.49. The van der Waals surface area contributed by atoms with Gasteiger partial charge in [0.05, 0.1) is 0 Å². The minimum absolute atomic E-state index is 1.03. The monoisotopic (exact) mass is 137 g/mol. The van der Waals surface area contributed by atoms with Gasteiger partial charge in [-0.05, 0) is 12.1 Å². The van der Waals surface area contributed by atoms with Crippen molar-refractivity contribution in [3.8, 4) is 0 Å². The van der Waals surface area contributed by atoms with Crippen LogP contribution in [0.15, 0.2) is 24.7 Å². The van der Waals surface area contributed by atoms with Crippen molar-refractivity contribution in [3.63, 3.8) is 0 Å². The minimum Gasteiger partial charge on any atom is -0.291 e. The number of nitrogens with one attached hydrogen (secondary N) is 1. The third-order valence-electron chi connectivity index (χ3n) is 1.14. The van der Waals surface area contributed by atoms with Crippen LogP contribution in [0.25, 0.3) is 5.65 Å². The molecule has 0 fully saturated rings. The predicted octanol–water partition coefficient (Wildman–Crippen LogP) is 1.69. The Bertz CT molecular complexity index is 230. The highest BCUT2D eigenvalue weighted by Gasteiger charge is 1.86. The van der Waals surface area contributed by atoms with Crippen molar-refractivity contribution in [1.29, 1.82) is 0 Å². The zero-order valence-electron chi connectivity index (χ0n) is 6.20. The molecule has 3 heteroatoms. The van der Waals surface area contributed by atoms with Crippen LogP contribution < -0.4 is 0 Å². The van der Waals surface area contributed by atoms with Gasteiger partial charge in [0.2, 0.25) is 0 Å². The molecule has 2 heterocycles. The SMILES string of the molecule is CC.c1cc2[nH]ncn2c1. The highest BCUT2D eigenvalue weighted by molar-refractivity contribution is 5.36. The van der Waals surface area contributed by atoms with Crippen LogP contribution in [0.3, 0.4) is 0 Å². The van der Waals surface area contributed by atoms with Gasteiger partial charge in [0.25, 0.3) is 0 Å². The Morgan fingerprint density at radius 2 is 2.30 bits per heavy atom. The summed E-state index contributed by atoms with van der Waals surface area (Å²) in [4.78, 5) is 0. The molecule has 0 aromatic carbocycles. The van der Waals surface area contributed by atoms with Crippen LogP contribution in [0.1, 0.15) is 13.8 Å². The Labute approximate surface area is 59.7 Å². The number of aromatic amines is 1. The van der Waals surface area contributed by atoms with E-state index in [1.807, 2.05) is 36.6 Å². The highest BCUT2D eigenvalue weighted by atomic mass is 15.2. The fraction of sp³-hybridized carbons (Fsp3) is 0.286. The van der Waals surface area contributed by atoms with E-state index in [1.54, 1.807) is 6.33 Å². The molecule has 0 aliphatic heterocycles. The van der Waals surface area contributed by atoms with E-state index < -0.39 is 0 Å². The van der Waals surface area contributed by atoms with E-state index in [2.05, 4.69) is 10.2 Å². The predicted molar refractivity (Wildman–Crippen MR) is 40.9 cm³/mol. The number of nitrogens with zero attached hydrogens (tertiary/aromatic N) is 2. The summed E-state index contributed by atoms with van der Waals surface area (Å²) < 4.78 is 1.92. The lowest BCUT2D eigenvalue weighted by atomic mass is 10.7. The van der Waals surface area contributed by atoms with Crippen molar-refractivity contribution < 1.29 is 0 Å². The molecular weight excluding hydrogens is 126 g/mol. The van der Waals surface area contributed by atoms with Gasteiger partial charge in [-0.25, -0.2) is 0 Å². The van der Waals surface area contributed by atoms with Crippen molar-refractivity contribution in [2.24, 2.45) is 0 Å². The van der Waals surface area contributed by atoms with Crippen LogP contribution in [-0.2, 0) is 0 Å². The first-order chi connectivity index (χ1) is 4.97. The molecule has 0 unspecified atom stereocenters. The summed E-state index contributed by atoms with van der Waals surface area (Å²) in [6.07, 6.45) is 3.67. The number of H-pyrrole nitrogens is 1. The maximum atomic E-state index is 3.80. The molecule has 1 N–H and O–H groups in total. The smallest absolute Gasteiger partial charge is 0.131 e. The van der Waals surface area contributed by atoms with Crippen LogP contribution in [0.2, 0.25) is 0 Å². The Kier molecular flexibility index (Phi) is 2.10. The Morgan fingerprint density at radius 1 is 1.50 bits per heavy atom. The second-order valence-electron chi connectivity index (χ2n) is 1.66. The average molecular weight is 137 g/mol. The Morgan fingerprint density at radius 3 is 3.00 bits per heavy atom. The molecule has 2 aromatic rings. The normalized spacial score (nSPS) is 9.00. The summed E-state index contributed by atoms with van der Waals surface area (Å²) in [5.41, 5.74) is 1.03. The van der Waals surface area contributed by atoms with Crippen LogP contribution in [0.5, 0.6) is 0 Å². The van der Waals surface area contributed by atoms with Crippen molar-refractivity contribution in [2.75, 3.05) is 0 Å². The maximum Gasteiger partial charge on any atom is 0.131 e. The molecule has 10 heavy (non-hydrogen) atoms. The quantitative estimate of drug-likeness (QED) is 0.589. The largest absolute Gasteiger partial charge is 0.291 e. The van der Waals surface area contributed by atoms with E-state index >= 15 is 0 Å². The summed E-state index contributed by atoms with van der Waals surface area (Å²) >= 11 is 0. The molecule has 0 saturated carbocycles. The van der Waals surface area contributed by atoms with Gasteiger partial charge in [-0.15, -0.1) is 0 Å². The van der Waals surface area contributed by atoms with Crippen molar-refractivity contribution in [1.82, 2.24) is 14.6 Å². The standard InChI is InChI=1S/C5H5N3.C2H6/c1-2-5-7-6-4-8(5)3-1;1-2/h1-4,7H;1-2H3. The zero-order valence-corrected chi connectivity index (χ0v) is 6.20. The first kappa shape index (κ1) is 6.86. The van der Waals surface area contributed by atoms with Gasteiger partial charge < -0.3 is 0 Å². The number of hydrogen-bond donors (Lipinski definition) is 1. The number of rotatable bonds is 0. The first-order valence-electron chi connectivity index (χ1n) is 3.43. The molecule has 0 aliphatic rings. The first-order valence-corrected chi connectivity index (χ1v) is 3.43. The van der Waals surface area contributed by atoms with E-state index in [1.165, 1.54) is 0 Å². The summed E-state index contributed by atoms with van der Waals surface area (Å²) in [6.45, 7) is 4.00. The highest BCUT2D eigenvalue weighted by Crippen LogP contribution is 1.95. The molecule has 54 valence electrons. The molecule has 0 atom stereocenters. The molecule has 0 radical (unpaired) electrons. The molecule has 0 saturated heterocycles. The number of hydrogen-bond acceptors (Lipinski definition) is 1. The van der Waals surface area contributed by atoms with Gasteiger partial charge in [-0.3, -0.25) is 9.50 Å². The van der Waals surface area contributed by atoms with Gasteiger partial charge in [-0.2, -0.15) is 5.10 Å². The minimum atomic E-state index is 1.03. The summed E-state index contributed by atoms with van der Waals surface area (Å²) in [6, 6.07) is 3.93. The lowest BCUT2D eigenvalue weighted by Gasteiger charge is -1.71. The van der Waals surface area contributed by atoms with Crippen molar-refractivity contribution >= 4 is 5.65 Å². The molecule has 0 amide bonds. The molecule has 2 aromatic heterocycles. The van der Waals surface area contributed by atoms with Crippen LogP contribution in [-0.4, -0.2) is 14.6 Å². The van der Waals surface area contributed by atoms with Crippen LogP contribution >= 0.6 is 0 Å². The van der Waals surface area contributed by atoms with E-state index in [0.717, 1.165) is 5.65 Å². The number of fused-ring (bicyclic) bond motifs is 1. The second-order valence-corrected chi connectivity index (χ2v) is 1.66. The van der Waals surface area contributed by atoms with Gasteiger partial charge in [0.15, 0.2) is 0 Å². The lowest BCUT2D eigenvalue weighted by Crippen LogP contribution is -1.67.